The van der Waals surface area contributed by atoms with E-state index in [1.807, 2.05) is 12.1 Å². The molecule has 0 radical (unpaired) electrons. The van der Waals surface area contributed by atoms with Crippen LogP contribution >= 0.6 is 0 Å². The Morgan fingerprint density at radius 2 is 1.49 bits per heavy atom. The van der Waals surface area contributed by atoms with Crippen molar-refractivity contribution in [2.75, 3.05) is 18.6 Å². The first kappa shape index (κ1) is 28.4. The Morgan fingerprint density at radius 3 is 2.12 bits per heavy atom. The summed E-state index contributed by atoms with van der Waals surface area (Å²) in [5.41, 5.74) is 0.935. The number of imide groups is 1. The van der Waals surface area contributed by atoms with Gasteiger partial charge in [-0.2, -0.15) is 4.31 Å². The second kappa shape index (κ2) is 11.1. The van der Waals surface area contributed by atoms with Crippen LogP contribution in [0.5, 0.6) is 5.75 Å². The van der Waals surface area contributed by atoms with Gasteiger partial charge in [0, 0.05) is 6.54 Å². The number of anilines is 1. The van der Waals surface area contributed by atoms with Crippen molar-refractivity contribution in [2.24, 2.45) is 5.14 Å². The normalized spacial score (nSPS) is 16.1. The third kappa shape index (κ3) is 5.72. The molecule has 1 saturated heterocycles. The molecule has 41 heavy (non-hydrogen) atoms. The zero-order valence-corrected chi connectivity index (χ0v) is 23.6. The fourth-order valence-corrected chi connectivity index (χ4v) is 6.97. The highest BCUT2D eigenvalue weighted by molar-refractivity contribution is 7.89. The van der Waals surface area contributed by atoms with E-state index in [1.165, 1.54) is 37.4 Å². The van der Waals surface area contributed by atoms with Gasteiger partial charge in [-0.1, -0.05) is 42.5 Å². The standard InChI is InChI=1S/C29H27N3O7S2/c1-39-24-11-9-23(10-12-24)32-28(33)19-27(29(32)34)31(17-16-20-6-13-25(14-7-20)40(30,35)36)41(37,38)26-15-8-21-4-2-3-5-22(21)18-26/h2-15,18,27H,16-17,19H2,1H3,(H2,30,35,36). The number of fused-ring (bicyclic) bond motifs is 1. The van der Waals surface area contributed by atoms with Gasteiger partial charge in [0.2, 0.25) is 26.0 Å². The summed E-state index contributed by atoms with van der Waals surface area (Å²) in [5.74, 6) is -0.645. The zero-order valence-electron chi connectivity index (χ0n) is 22.0. The van der Waals surface area contributed by atoms with Gasteiger partial charge in [-0.25, -0.2) is 26.9 Å². The lowest BCUT2D eigenvalue weighted by Gasteiger charge is -2.27. The number of benzene rings is 4. The topological polar surface area (TPSA) is 144 Å². The Kier molecular flexibility index (Phi) is 7.66. The van der Waals surface area contributed by atoms with Crippen LogP contribution in [0.4, 0.5) is 5.69 Å². The molecule has 0 aromatic heterocycles. The van der Waals surface area contributed by atoms with Crippen LogP contribution < -0.4 is 14.8 Å². The zero-order chi connectivity index (χ0) is 29.4. The Morgan fingerprint density at radius 1 is 0.854 bits per heavy atom. The van der Waals surface area contributed by atoms with Gasteiger partial charge in [-0.15, -0.1) is 0 Å². The number of primary sulfonamides is 1. The fraction of sp³-hybridized carbons (Fsp3) is 0.172. The van der Waals surface area contributed by atoms with Crippen LogP contribution in [0.1, 0.15) is 12.0 Å². The second-order valence-electron chi connectivity index (χ2n) is 9.55. The van der Waals surface area contributed by atoms with E-state index in [4.69, 9.17) is 9.88 Å². The SMILES string of the molecule is COc1ccc(N2C(=O)CC(N(CCc3ccc(S(N)(=O)=O)cc3)S(=O)(=O)c3ccc4ccccc4c3)C2=O)cc1. The van der Waals surface area contributed by atoms with Crippen molar-refractivity contribution in [3.63, 3.8) is 0 Å². The van der Waals surface area contributed by atoms with Gasteiger partial charge in [-0.05, 0) is 71.3 Å². The number of amides is 2. The minimum Gasteiger partial charge on any atom is -0.497 e. The van der Waals surface area contributed by atoms with Gasteiger partial charge in [0.05, 0.1) is 29.0 Å². The number of hydrogen-bond acceptors (Lipinski definition) is 7. The average Bonchev–Trinajstić information content (AvgIpc) is 3.25. The number of hydrogen-bond donors (Lipinski definition) is 1. The number of sulfonamides is 2. The van der Waals surface area contributed by atoms with E-state index in [9.17, 15) is 26.4 Å². The highest BCUT2D eigenvalue weighted by atomic mass is 32.2. The molecule has 5 rings (SSSR count). The van der Waals surface area contributed by atoms with Crippen molar-refractivity contribution < 1.29 is 31.2 Å². The molecule has 12 heteroatoms. The van der Waals surface area contributed by atoms with Crippen molar-refractivity contribution in [3.8, 4) is 5.75 Å². The van der Waals surface area contributed by atoms with Gasteiger partial charge in [0.15, 0.2) is 0 Å². The van der Waals surface area contributed by atoms with E-state index >= 15 is 0 Å². The lowest BCUT2D eigenvalue weighted by atomic mass is 10.1. The van der Waals surface area contributed by atoms with Crippen LogP contribution in [0, 0.1) is 0 Å². The molecule has 10 nitrogen and oxygen atoms in total. The van der Waals surface area contributed by atoms with E-state index in [0.29, 0.717) is 22.4 Å². The first-order chi connectivity index (χ1) is 19.5. The second-order valence-corrected chi connectivity index (χ2v) is 13.0. The van der Waals surface area contributed by atoms with Crippen LogP contribution in [0.2, 0.25) is 0 Å². The fourth-order valence-electron chi connectivity index (χ4n) is 4.84. The number of methoxy groups -OCH3 is 1. The monoisotopic (exact) mass is 593 g/mol. The van der Waals surface area contributed by atoms with Gasteiger partial charge >= 0.3 is 0 Å². The quantitative estimate of drug-likeness (QED) is 0.294. The molecule has 1 heterocycles. The number of nitrogens with two attached hydrogens (primary N) is 1. The number of rotatable bonds is 9. The summed E-state index contributed by atoms with van der Waals surface area (Å²) < 4.78 is 57.6. The van der Waals surface area contributed by atoms with Crippen molar-refractivity contribution >= 4 is 48.3 Å². The Labute approximate surface area is 238 Å². The highest BCUT2D eigenvalue weighted by Gasteiger charge is 2.46. The van der Waals surface area contributed by atoms with Gasteiger partial charge < -0.3 is 4.74 Å². The largest absolute Gasteiger partial charge is 0.497 e. The predicted octanol–water partition coefficient (Wildman–Crippen LogP) is 3.06. The molecule has 0 aliphatic carbocycles. The molecule has 212 valence electrons. The molecule has 2 amide bonds. The molecule has 0 spiro atoms. The summed E-state index contributed by atoms with van der Waals surface area (Å²) in [6.45, 7) is -0.135. The minimum absolute atomic E-state index is 0.0103. The van der Waals surface area contributed by atoms with Crippen molar-refractivity contribution in [3.05, 3.63) is 96.6 Å². The van der Waals surface area contributed by atoms with E-state index in [2.05, 4.69) is 0 Å². The molecular formula is C29H27N3O7S2. The molecule has 1 atom stereocenters. The van der Waals surface area contributed by atoms with E-state index in [0.717, 1.165) is 14.6 Å². The van der Waals surface area contributed by atoms with Crippen molar-refractivity contribution in [1.82, 2.24) is 4.31 Å². The predicted molar refractivity (Wildman–Crippen MR) is 153 cm³/mol. The molecular weight excluding hydrogens is 566 g/mol. The van der Waals surface area contributed by atoms with Gasteiger partial charge in [-0.3, -0.25) is 9.59 Å². The summed E-state index contributed by atoms with van der Waals surface area (Å²) in [5, 5.41) is 6.74. The molecule has 1 aliphatic rings. The maximum atomic E-state index is 14.1. The van der Waals surface area contributed by atoms with Gasteiger partial charge in [0.25, 0.3) is 5.91 Å². The molecule has 2 N–H and O–H groups in total. The molecule has 1 fully saturated rings. The first-order valence-corrected chi connectivity index (χ1v) is 15.6. The lowest BCUT2D eigenvalue weighted by molar-refractivity contribution is -0.122. The number of carbonyl (C=O) groups is 2. The third-order valence-corrected chi connectivity index (χ3v) is 9.83. The number of carbonyl (C=O) groups excluding carboxylic acids is 2. The lowest BCUT2D eigenvalue weighted by Crippen LogP contribution is -2.46. The van der Waals surface area contributed by atoms with Crippen LogP contribution in [-0.4, -0.2) is 52.7 Å². The van der Waals surface area contributed by atoms with Crippen molar-refractivity contribution in [2.45, 2.75) is 28.7 Å². The smallest absolute Gasteiger partial charge is 0.252 e. The molecule has 1 aliphatic heterocycles. The van der Waals surface area contributed by atoms with E-state index < -0.39 is 37.9 Å². The summed E-state index contributed by atoms with van der Waals surface area (Å²) in [4.78, 5) is 27.6. The summed E-state index contributed by atoms with van der Waals surface area (Å²) >= 11 is 0. The maximum absolute atomic E-state index is 14.1. The maximum Gasteiger partial charge on any atom is 0.252 e. The Bertz CT molecular complexity index is 1840. The van der Waals surface area contributed by atoms with Crippen LogP contribution in [-0.2, 0) is 36.1 Å². The van der Waals surface area contributed by atoms with E-state index in [1.54, 1.807) is 48.5 Å². The molecule has 1 unspecified atom stereocenters. The van der Waals surface area contributed by atoms with E-state index in [-0.39, 0.29) is 29.2 Å². The van der Waals surface area contributed by atoms with Crippen LogP contribution in [0.25, 0.3) is 10.8 Å². The van der Waals surface area contributed by atoms with Gasteiger partial charge in [0.1, 0.15) is 11.8 Å². The van der Waals surface area contributed by atoms with Crippen LogP contribution in [0.15, 0.2) is 101 Å². The highest BCUT2D eigenvalue weighted by Crippen LogP contribution is 2.31. The Balaban J connectivity index is 1.50. The van der Waals surface area contributed by atoms with Crippen LogP contribution in [0.3, 0.4) is 0 Å². The average molecular weight is 594 g/mol. The molecule has 0 bridgehead atoms. The summed E-state index contributed by atoms with van der Waals surface area (Å²) in [7, 11) is -6.65. The summed E-state index contributed by atoms with van der Waals surface area (Å²) in [6.07, 6.45) is -0.180. The molecule has 4 aromatic rings. The number of nitrogens with zero attached hydrogens (tertiary/aromatic N) is 2. The Hall–Kier alpha value is -4.10. The molecule has 0 saturated carbocycles. The third-order valence-electron chi connectivity index (χ3n) is 7.00. The summed E-state index contributed by atoms with van der Waals surface area (Å²) in [6, 6.07) is 22.8. The number of ether oxygens (including phenoxy) is 1. The first-order valence-electron chi connectivity index (χ1n) is 12.6. The minimum atomic E-state index is -4.25. The van der Waals surface area contributed by atoms with Crippen molar-refractivity contribution in [1.29, 1.82) is 0 Å². The molecule has 4 aromatic carbocycles.